The first kappa shape index (κ1) is 19.7. The molecule has 0 aliphatic heterocycles. The van der Waals surface area contributed by atoms with Gasteiger partial charge in [-0.3, -0.25) is 14.7 Å². The fourth-order valence-corrected chi connectivity index (χ4v) is 2.70. The summed E-state index contributed by atoms with van der Waals surface area (Å²) in [5, 5.41) is 5.09. The van der Waals surface area contributed by atoms with Crippen LogP contribution >= 0.6 is 0 Å². The molecule has 0 fully saturated rings. The van der Waals surface area contributed by atoms with E-state index in [1.54, 1.807) is 42.5 Å². The standard InChI is InChI=1S/C20H20N4O5/c1-27-15-7-5-4-6-14(15)24-11-10-21-18(19(24)25)23-20(26)22-13-8-9-16(28-2)17(12-13)29-3/h4-12H,1-3H3,(H2,21,22,23,26). The van der Waals surface area contributed by atoms with E-state index in [2.05, 4.69) is 15.6 Å². The van der Waals surface area contributed by atoms with Crippen LogP contribution in [0.3, 0.4) is 0 Å². The maximum absolute atomic E-state index is 12.8. The molecule has 9 heteroatoms. The second kappa shape index (κ2) is 8.79. The van der Waals surface area contributed by atoms with Crippen molar-refractivity contribution in [3.05, 3.63) is 65.2 Å². The molecule has 0 spiro atoms. The third-order valence-electron chi connectivity index (χ3n) is 4.06. The van der Waals surface area contributed by atoms with Gasteiger partial charge < -0.3 is 19.5 Å². The van der Waals surface area contributed by atoms with Crippen LogP contribution in [0, 0.1) is 0 Å². The Balaban J connectivity index is 1.82. The number of nitrogens with one attached hydrogen (secondary N) is 2. The van der Waals surface area contributed by atoms with Crippen molar-refractivity contribution in [2.45, 2.75) is 0 Å². The summed E-state index contributed by atoms with van der Waals surface area (Å²) in [5.74, 6) is 1.38. The van der Waals surface area contributed by atoms with E-state index in [1.807, 2.05) is 0 Å². The van der Waals surface area contributed by atoms with Crippen molar-refractivity contribution in [2.24, 2.45) is 0 Å². The molecule has 0 atom stereocenters. The summed E-state index contributed by atoms with van der Waals surface area (Å²) in [7, 11) is 4.53. The highest BCUT2D eigenvalue weighted by Crippen LogP contribution is 2.29. The first-order valence-electron chi connectivity index (χ1n) is 8.58. The molecule has 1 aromatic heterocycles. The predicted molar refractivity (Wildman–Crippen MR) is 109 cm³/mol. The Morgan fingerprint density at radius 1 is 0.931 bits per heavy atom. The van der Waals surface area contributed by atoms with Gasteiger partial charge in [-0.2, -0.15) is 0 Å². The highest BCUT2D eigenvalue weighted by Gasteiger charge is 2.13. The molecule has 0 bridgehead atoms. The lowest BCUT2D eigenvalue weighted by atomic mass is 10.3. The van der Waals surface area contributed by atoms with Gasteiger partial charge in [-0.25, -0.2) is 9.78 Å². The molecule has 150 valence electrons. The number of anilines is 2. The van der Waals surface area contributed by atoms with Gasteiger partial charge in [0.15, 0.2) is 11.5 Å². The average Bonchev–Trinajstić information content (AvgIpc) is 2.75. The van der Waals surface area contributed by atoms with Crippen LogP contribution in [-0.2, 0) is 0 Å². The number of nitrogens with zero attached hydrogens (tertiary/aromatic N) is 2. The molecule has 0 aliphatic rings. The lowest BCUT2D eigenvalue weighted by molar-refractivity contribution is 0.262. The highest BCUT2D eigenvalue weighted by molar-refractivity contribution is 5.99. The Morgan fingerprint density at radius 2 is 1.66 bits per heavy atom. The lowest BCUT2D eigenvalue weighted by Crippen LogP contribution is -2.28. The van der Waals surface area contributed by atoms with Gasteiger partial charge >= 0.3 is 6.03 Å². The van der Waals surface area contributed by atoms with Crippen LogP contribution < -0.4 is 30.4 Å². The molecular weight excluding hydrogens is 376 g/mol. The van der Waals surface area contributed by atoms with Crippen LogP contribution in [0.25, 0.3) is 5.69 Å². The molecule has 0 saturated carbocycles. The van der Waals surface area contributed by atoms with Crippen molar-refractivity contribution in [3.8, 4) is 22.9 Å². The topological polar surface area (TPSA) is 104 Å². The molecule has 9 nitrogen and oxygen atoms in total. The zero-order valence-corrected chi connectivity index (χ0v) is 16.1. The summed E-state index contributed by atoms with van der Waals surface area (Å²) in [6, 6.07) is 11.3. The molecule has 0 unspecified atom stereocenters. The second-order valence-electron chi connectivity index (χ2n) is 5.77. The van der Waals surface area contributed by atoms with E-state index in [-0.39, 0.29) is 5.82 Å². The van der Waals surface area contributed by atoms with Gasteiger partial charge in [0, 0.05) is 24.1 Å². The number of rotatable bonds is 6. The molecular formula is C20H20N4O5. The van der Waals surface area contributed by atoms with Crippen molar-refractivity contribution in [2.75, 3.05) is 32.0 Å². The van der Waals surface area contributed by atoms with Gasteiger partial charge in [0.05, 0.1) is 27.0 Å². The van der Waals surface area contributed by atoms with Crippen LogP contribution in [0.15, 0.2) is 59.7 Å². The molecule has 0 radical (unpaired) electrons. The van der Waals surface area contributed by atoms with E-state index in [9.17, 15) is 9.59 Å². The Hall–Kier alpha value is -4.01. The van der Waals surface area contributed by atoms with Gasteiger partial charge in [0.2, 0.25) is 5.82 Å². The van der Waals surface area contributed by atoms with E-state index in [0.29, 0.717) is 28.6 Å². The molecule has 0 saturated heterocycles. The van der Waals surface area contributed by atoms with Crippen LogP contribution in [-0.4, -0.2) is 36.9 Å². The number of para-hydroxylation sites is 2. The van der Waals surface area contributed by atoms with Crippen LogP contribution in [0.2, 0.25) is 0 Å². The largest absolute Gasteiger partial charge is 0.495 e. The number of carbonyl (C=O) groups is 1. The van der Waals surface area contributed by atoms with Crippen molar-refractivity contribution >= 4 is 17.5 Å². The molecule has 3 rings (SSSR count). The monoisotopic (exact) mass is 396 g/mol. The summed E-state index contributed by atoms with van der Waals surface area (Å²) < 4.78 is 17.0. The predicted octanol–water partition coefficient (Wildman–Crippen LogP) is 2.90. The summed E-state index contributed by atoms with van der Waals surface area (Å²) in [4.78, 5) is 29.1. The van der Waals surface area contributed by atoms with Crippen LogP contribution in [0.4, 0.5) is 16.3 Å². The molecule has 2 N–H and O–H groups in total. The molecule has 2 aromatic carbocycles. The van der Waals surface area contributed by atoms with Gasteiger partial charge in [0.1, 0.15) is 5.75 Å². The van der Waals surface area contributed by atoms with Crippen LogP contribution in [0.1, 0.15) is 0 Å². The number of urea groups is 1. The number of ether oxygens (including phenoxy) is 3. The molecule has 29 heavy (non-hydrogen) atoms. The van der Waals surface area contributed by atoms with E-state index >= 15 is 0 Å². The van der Waals surface area contributed by atoms with Crippen molar-refractivity contribution < 1.29 is 19.0 Å². The number of carbonyl (C=O) groups excluding carboxylic acids is 1. The third kappa shape index (κ3) is 4.29. The summed E-state index contributed by atoms with van der Waals surface area (Å²) >= 11 is 0. The number of hydrogen-bond donors (Lipinski definition) is 2. The number of amides is 2. The first-order valence-corrected chi connectivity index (χ1v) is 8.58. The van der Waals surface area contributed by atoms with E-state index < -0.39 is 11.6 Å². The van der Waals surface area contributed by atoms with Crippen molar-refractivity contribution in [1.29, 1.82) is 0 Å². The van der Waals surface area contributed by atoms with Gasteiger partial charge in [-0.1, -0.05) is 12.1 Å². The van der Waals surface area contributed by atoms with Crippen LogP contribution in [0.5, 0.6) is 17.2 Å². The second-order valence-corrected chi connectivity index (χ2v) is 5.77. The minimum absolute atomic E-state index is 0.128. The summed E-state index contributed by atoms with van der Waals surface area (Å²) in [6.45, 7) is 0. The third-order valence-corrected chi connectivity index (χ3v) is 4.06. The minimum atomic E-state index is -0.625. The zero-order valence-electron chi connectivity index (χ0n) is 16.1. The number of aromatic nitrogens is 2. The van der Waals surface area contributed by atoms with E-state index in [0.717, 1.165) is 0 Å². The zero-order chi connectivity index (χ0) is 20.8. The van der Waals surface area contributed by atoms with E-state index in [1.165, 1.54) is 38.3 Å². The molecule has 1 heterocycles. The van der Waals surface area contributed by atoms with Crippen molar-refractivity contribution in [3.63, 3.8) is 0 Å². The van der Waals surface area contributed by atoms with Crippen molar-refractivity contribution in [1.82, 2.24) is 9.55 Å². The highest BCUT2D eigenvalue weighted by atomic mass is 16.5. The SMILES string of the molecule is COc1ccc(NC(=O)Nc2nccn(-c3ccccc3OC)c2=O)cc1OC. The maximum Gasteiger partial charge on any atom is 0.325 e. The van der Waals surface area contributed by atoms with E-state index in [4.69, 9.17) is 14.2 Å². The quantitative estimate of drug-likeness (QED) is 0.664. The molecule has 0 aliphatic carbocycles. The Labute approximate surface area is 166 Å². The Morgan fingerprint density at radius 3 is 2.38 bits per heavy atom. The number of hydrogen-bond acceptors (Lipinski definition) is 6. The van der Waals surface area contributed by atoms with Gasteiger partial charge in [-0.05, 0) is 24.3 Å². The smallest absolute Gasteiger partial charge is 0.325 e. The fourth-order valence-electron chi connectivity index (χ4n) is 2.70. The average molecular weight is 396 g/mol. The lowest BCUT2D eigenvalue weighted by Gasteiger charge is -2.13. The first-order chi connectivity index (χ1) is 14.1. The number of benzene rings is 2. The summed E-state index contributed by atoms with van der Waals surface area (Å²) in [5.41, 5.74) is 0.492. The normalized spacial score (nSPS) is 10.2. The Kier molecular flexibility index (Phi) is 5.98. The fraction of sp³-hybridized carbons (Fsp3) is 0.150. The van der Waals surface area contributed by atoms with Gasteiger partial charge in [-0.15, -0.1) is 0 Å². The molecule has 3 aromatic rings. The molecule has 2 amide bonds. The minimum Gasteiger partial charge on any atom is -0.495 e. The van der Waals surface area contributed by atoms with Gasteiger partial charge in [0.25, 0.3) is 5.56 Å². The summed E-state index contributed by atoms with van der Waals surface area (Å²) in [6.07, 6.45) is 2.91. The number of methoxy groups -OCH3 is 3. The maximum atomic E-state index is 12.8. The Bertz CT molecular complexity index is 1080.